The smallest absolute Gasteiger partial charge is 0.224 e. The number of primary amides is 1. The van der Waals surface area contributed by atoms with Crippen LogP contribution in [0.4, 0.5) is 0 Å². The van der Waals surface area contributed by atoms with Gasteiger partial charge >= 0.3 is 0 Å². The van der Waals surface area contributed by atoms with Gasteiger partial charge < -0.3 is 5.73 Å². The topological polar surface area (TPSA) is 43.1 Å². The molecule has 1 rings (SSSR count). The van der Waals surface area contributed by atoms with E-state index in [1.54, 1.807) is 0 Å². The molecule has 0 radical (unpaired) electrons. The molecular weight excluding hydrogens is 162 g/mol. The number of hydrogen-bond acceptors (Lipinski definition) is 1. The van der Waals surface area contributed by atoms with Gasteiger partial charge in [-0.1, -0.05) is 18.2 Å². The van der Waals surface area contributed by atoms with Crippen LogP contribution in [0.1, 0.15) is 29.5 Å². The van der Waals surface area contributed by atoms with Gasteiger partial charge in [0.05, 0.1) is 5.92 Å². The van der Waals surface area contributed by atoms with Crippen molar-refractivity contribution in [1.82, 2.24) is 0 Å². The van der Waals surface area contributed by atoms with Crippen LogP contribution in [-0.4, -0.2) is 5.91 Å². The maximum atomic E-state index is 11.0. The van der Waals surface area contributed by atoms with Crippen molar-refractivity contribution in [3.63, 3.8) is 0 Å². The van der Waals surface area contributed by atoms with Crippen LogP contribution >= 0.6 is 0 Å². The molecule has 0 aromatic heterocycles. The number of carbonyl (C=O) groups excluding carboxylic acids is 1. The van der Waals surface area contributed by atoms with Crippen LogP contribution in [0, 0.1) is 13.8 Å². The average molecular weight is 177 g/mol. The fourth-order valence-corrected chi connectivity index (χ4v) is 1.40. The molecule has 1 aromatic rings. The second kappa shape index (κ2) is 3.60. The standard InChI is InChI=1S/C11H15NO/c1-7-5-4-6-10(8(7)2)9(3)11(12)13/h4-6,9H,1-3H3,(H2,12,13). The number of rotatable bonds is 2. The zero-order valence-electron chi connectivity index (χ0n) is 8.29. The highest BCUT2D eigenvalue weighted by Gasteiger charge is 2.13. The minimum Gasteiger partial charge on any atom is -0.369 e. The molecule has 0 saturated heterocycles. The predicted molar refractivity (Wildman–Crippen MR) is 53.5 cm³/mol. The van der Waals surface area contributed by atoms with E-state index in [9.17, 15) is 4.79 Å². The number of hydrogen-bond donors (Lipinski definition) is 1. The Balaban J connectivity index is 3.15. The molecule has 0 saturated carbocycles. The van der Waals surface area contributed by atoms with Crippen molar-refractivity contribution in [1.29, 1.82) is 0 Å². The molecule has 1 amide bonds. The summed E-state index contributed by atoms with van der Waals surface area (Å²) in [7, 11) is 0. The van der Waals surface area contributed by atoms with E-state index >= 15 is 0 Å². The van der Waals surface area contributed by atoms with Gasteiger partial charge in [-0.25, -0.2) is 0 Å². The van der Waals surface area contributed by atoms with E-state index < -0.39 is 0 Å². The minimum atomic E-state index is -0.270. The molecule has 2 nitrogen and oxygen atoms in total. The van der Waals surface area contributed by atoms with E-state index in [2.05, 4.69) is 0 Å². The van der Waals surface area contributed by atoms with Gasteiger partial charge in [-0.05, 0) is 37.5 Å². The van der Waals surface area contributed by atoms with Crippen molar-refractivity contribution in [2.24, 2.45) is 5.73 Å². The third-order valence-electron chi connectivity index (χ3n) is 2.54. The highest BCUT2D eigenvalue weighted by molar-refractivity contribution is 5.81. The van der Waals surface area contributed by atoms with Gasteiger partial charge in [0.1, 0.15) is 0 Å². The Labute approximate surface area is 78.8 Å². The Morgan fingerprint density at radius 1 is 1.38 bits per heavy atom. The zero-order valence-corrected chi connectivity index (χ0v) is 8.29. The first kappa shape index (κ1) is 9.78. The molecule has 1 aromatic carbocycles. The number of benzene rings is 1. The highest BCUT2D eigenvalue weighted by Crippen LogP contribution is 2.21. The Kier molecular flexibility index (Phi) is 2.71. The summed E-state index contributed by atoms with van der Waals surface area (Å²) in [6.45, 7) is 5.89. The number of carbonyl (C=O) groups is 1. The highest BCUT2D eigenvalue weighted by atomic mass is 16.1. The lowest BCUT2D eigenvalue weighted by molar-refractivity contribution is -0.119. The lowest BCUT2D eigenvalue weighted by Gasteiger charge is -2.12. The van der Waals surface area contributed by atoms with Crippen LogP contribution in [0.5, 0.6) is 0 Å². The summed E-state index contributed by atoms with van der Waals surface area (Å²) in [5.74, 6) is -0.464. The van der Waals surface area contributed by atoms with Crippen LogP contribution in [-0.2, 0) is 4.79 Å². The van der Waals surface area contributed by atoms with Crippen molar-refractivity contribution < 1.29 is 4.79 Å². The molecule has 13 heavy (non-hydrogen) atoms. The van der Waals surface area contributed by atoms with E-state index in [-0.39, 0.29) is 11.8 Å². The molecule has 0 aliphatic rings. The van der Waals surface area contributed by atoms with E-state index in [1.165, 1.54) is 5.56 Å². The maximum Gasteiger partial charge on any atom is 0.224 e. The molecule has 0 heterocycles. The molecule has 2 heteroatoms. The van der Waals surface area contributed by atoms with Gasteiger partial charge in [0.2, 0.25) is 5.91 Å². The van der Waals surface area contributed by atoms with Gasteiger partial charge in [0.15, 0.2) is 0 Å². The number of aryl methyl sites for hydroxylation is 1. The second-order valence-electron chi connectivity index (χ2n) is 3.41. The van der Waals surface area contributed by atoms with Crippen LogP contribution in [0.25, 0.3) is 0 Å². The van der Waals surface area contributed by atoms with E-state index in [4.69, 9.17) is 5.73 Å². The molecular formula is C11H15NO. The molecule has 0 spiro atoms. The summed E-state index contributed by atoms with van der Waals surface area (Å²) in [6.07, 6.45) is 0. The van der Waals surface area contributed by atoms with Crippen molar-refractivity contribution in [3.05, 3.63) is 34.9 Å². The summed E-state index contributed by atoms with van der Waals surface area (Å²) in [6, 6.07) is 5.95. The fraction of sp³-hybridized carbons (Fsp3) is 0.364. The third-order valence-corrected chi connectivity index (χ3v) is 2.54. The summed E-state index contributed by atoms with van der Waals surface area (Å²) in [4.78, 5) is 11.0. The molecule has 0 bridgehead atoms. The molecule has 0 aliphatic heterocycles. The van der Waals surface area contributed by atoms with Crippen LogP contribution < -0.4 is 5.73 Å². The second-order valence-corrected chi connectivity index (χ2v) is 3.41. The fourth-order valence-electron chi connectivity index (χ4n) is 1.40. The predicted octanol–water partition coefficient (Wildman–Crippen LogP) is 1.89. The van der Waals surface area contributed by atoms with Crippen LogP contribution in [0.15, 0.2) is 18.2 Å². The Morgan fingerprint density at radius 2 is 2.00 bits per heavy atom. The maximum absolute atomic E-state index is 11.0. The van der Waals surface area contributed by atoms with Crippen molar-refractivity contribution in [3.8, 4) is 0 Å². The first-order chi connectivity index (χ1) is 6.04. The van der Waals surface area contributed by atoms with E-state index in [1.807, 2.05) is 39.0 Å². The van der Waals surface area contributed by atoms with Crippen molar-refractivity contribution in [2.75, 3.05) is 0 Å². The molecule has 2 N–H and O–H groups in total. The number of amides is 1. The molecule has 0 aliphatic carbocycles. The molecule has 0 fully saturated rings. The lowest BCUT2D eigenvalue weighted by Crippen LogP contribution is -2.19. The quantitative estimate of drug-likeness (QED) is 0.736. The summed E-state index contributed by atoms with van der Waals surface area (Å²) < 4.78 is 0. The van der Waals surface area contributed by atoms with Crippen LogP contribution in [0.2, 0.25) is 0 Å². The largest absolute Gasteiger partial charge is 0.369 e. The number of nitrogens with two attached hydrogens (primary N) is 1. The Hall–Kier alpha value is -1.31. The minimum absolute atomic E-state index is 0.195. The van der Waals surface area contributed by atoms with Gasteiger partial charge in [-0.3, -0.25) is 4.79 Å². The van der Waals surface area contributed by atoms with Gasteiger partial charge in [-0.2, -0.15) is 0 Å². The monoisotopic (exact) mass is 177 g/mol. The summed E-state index contributed by atoms with van der Waals surface area (Å²) in [5, 5.41) is 0. The van der Waals surface area contributed by atoms with Gasteiger partial charge in [0.25, 0.3) is 0 Å². The first-order valence-electron chi connectivity index (χ1n) is 4.39. The van der Waals surface area contributed by atoms with E-state index in [0.717, 1.165) is 11.1 Å². The van der Waals surface area contributed by atoms with Crippen molar-refractivity contribution >= 4 is 5.91 Å². The zero-order chi connectivity index (χ0) is 10.0. The SMILES string of the molecule is Cc1cccc(C(C)C(N)=O)c1C. The molecule has 1 unspecified atom stereocenters. The lowest BCUT2D eigenvalue weighted by atomic mass is 9.93. The molecule has 1 atom stereocenters. The van der Waals surface area contributed by atoms with Gasteiger partial charge in [-0.15, -0.1) is 0 Å². The van der Waals surface area contributed by atoms with E-state index in [0.29, 0.717) is 0 Å². The third kappa shape index (κ3) is 1.89. The van der Waals surface area contributed by atoms with Gasteiger partial charge in [0, 0.05) is 0 Å². The normalized spacial score (nSPS) is 12.5. The van der Waals surface area contributed by atoms with Crippen molar-refractivity contribution in [2.45, 2.75) is 26.7 Å². The Morgan fingerprint density at radius 3 is 2.54 bits per heavy atom. The molecule has 70 valence electrons. The average Bonchev–Trinajstić information content (AvgIpc) is 2.08. The first-order valence-corrected chi connectivity index (χ1v) is 4.39. The summed E-state index contributed by atoms with van der Waals surface area (Å²) >= 11 is 0. The summed E-state index contributed by atoms with van der Waals surface area (Å²) in [5.41, 5.74) is 8.64. The van der Waals surface area contributed by atoms with Crippen LogP contribution in [0.3, 0.4) is 0 Å². The Bertz CT molecular complexity index is 331.